The molecule has 1 aliphatic rings. The molecule has 0 bridgehead atoms. The minimum absolute atomic E-state index is 0.00591. The highest BCUT2D eigenvalue weighted by Crippen LogP contribution is 2.24. The van der Waals surface area contributed by atoms with Crippen LogP contribution in [0, 0.1) is 5.92 Å². The molecule has 0 radical (unpaired) electrons. The predicted molar refractivity (Wildman–Crippen MR) is 77.9 cm³/mol. The van der Waals surface area contributed by atoms with E-state index in [9.17, 15) is 4.79 Å². The first-order chi connectivity index (χ1) is 9.06. The summed E-state index contributed by atoms with van der Waals surface area (Å²) >= 11 is 0. The molecule has 0 spiro atoms. The summed E-state index contributed by atoms with van der Waals surface area (Å²) < 4.78 is 5.32. The molecular formula is C15H30N2O2. The van der Waals surface area contributed by atoms with E-state index < -0.39 is 0 Å². The average Bonchev–Trinajstić information content (AvgIpc) is 2.68. The van der Waals surface area contributed by atoms with E-state index in [2.05, 4.69) is 37.9 Å². The van der Waals surface area contributed by atoms with Crippen molar-refractivity contribution in [2.24, 2.45) is 5.92 Å². The third-order valence-corrected chi connectivity index (χ3v) is 3.81. The van der Waals surface area contributed by atoms with Gasteiger partial charge in [0, 0.05) is 7.11 Å². The van der Waals surface area contributed by atoms with Gasteiger partial charge in [-0.3, -0.25) is 10.1 Å². The van der Waals surface area contributed by atoms with Gasteiger partial charge in [-0.2, -0.15) is 0 Å². The van der Waals surface area contributed by atoms with Crippen molar-refractivity contribution in [3.8, 4) is 0 Å². The highest BCUT2D eigenvalue weighted by Gasteiger charge is 2.42. The molecule has 1 N–H and O–H groups in total. The topological polar surface area (TPSA) is 41.6 Å². The lowest BCUT2D eigenvalue weighted by Crippen LogP contribution is -2.49. The number of carbonyl (C=O) groups is 1. The van der Waals surface area contributed by atoms with Gasteiger partial charge in [0.05, 0.1) is 24.9 Å². The zero-order valence-electron chi connectivity index (χ0n) is 13.1. The van der Waals surface area contributed by atoms with Crippen LogP contribution in [0.4, 0.5) is 0 Å². The average molecular weight is 270 g/mol. The molecular weight excluding hydrogens is 240 g/mol. The molecule has 0 aromatic heterocycles. The first-order valence-electron chi connectivity index (χ1n) is 7.63. The number of methoxy groups -OCH3 is 1. The van der Waals surface area contributed by atoms with E-state index in [-0.39, 0.29) is 24.2 Å². The second kappa shape index (κ2) is 7.85. The number of hydrogen-bond donors (Lipinski definition) is 1. The third kappa shape index (κ3) is 3.93. The molecule has 1 aliphatic heterocycles. The van der Waals surface area contributed by atoms with E-state index in [1.54, 1.807) is 7.11 Å². The van der Waals surface area contributed by atoms with Crippen LogP contribution in [0.15, 0.2) is 0 Å². The zero-order valence-corrected chi connectivity index (χ0v) is 13.1. The number of hydrogen-bond acceptors (Lipinski definition) is 3. The Morgan fingerprint density at radius 1 is 1.32 bits per heavy atom. The van der Waals surface area contributed by atoms with Crippen LogP contribution in [0.5, 0.6) is 0 Å². The van der Waals surface area contributed by atoms with Crippen molar-refractivity contribution in [2.45, 2.75) is 71.6 Å². The Kier molecular flexibility index (Phi) is 6.80. The van der Waals surface area contributed by atoms with Crippen molar-refractivity contribution in [1.29, 1.82) is 0 Å². The van der Waals surface area contributed by atoms with Crippen LogP contribution < -0.4 is 5.32 Å². The molecule has 0 saturated carbocycles. The molecule has 1 heterocycles. The molecule has 0 aromatic rings. The van der Waals surface area contributed by atoms with Gasteiger partial charge >= 0.3 is 0 Å². The van der Waals surface area contributed by atoms with E-state index in [0.717, 1.165) is 25.7 Å². The smallest absolute Gasteiger partial charge is 0.241 e. The summed E-state index contributed by atoms with van der Waals surface area (Å²) in [6, 6.07) is 0.192. The molecule has 4 nitrogen and oxygen atoms in total. The van der Waals surface area contributed by atoms with Crippen molar-refractivity contribution < 1.29 is 9.53 Å². The van der Waals surface area contributed by atoms with Crippen LogP contribution in [-0.2, 0) is 9.53 Å². The largest absolute Gasteiger partial charge is 0.383 e. The summed E-state index contributed by atoms with van der Waals surface area (Å²) in [6.45, 7) is 9.25. The van der Waals surface area contributed by atoms with Crippen LogP contribution >= 0.6 is 0 Å². The van der Waals surface area contributed by atoms with Gasteiger partial charge in [0.15, 0.2) is 0 Å². The number of carbonyl (C=O) groups excluding carboxylic acids is 1. The van der Waals surface area contributed by atoms with Crippen molar-refractivity contribution in [1.82, 2.24) is 10.2 Å². The molecule has 1 amide bonds. The summed E-state index contributed by atoms with van der Waals surface area (Å²) in [5.41, 5.74) is 0. The predicted octanol–water partition coefficient (Wildman–Crippen LogP) is 2.38. The van der Waals surface area contributed by atoms with E-state index in [1.807, 2.05) is 0 Å². The molecule has 1 saturated heterocycles. The molecule has 1 fully saturated rings. The highest BCUT2D eigenvalue weighted by atomic mass is 16.5. The monoisotopic (exact) mass is 270 g/mol. The molecule has 3 atom stereocenters. The van der Waals surface area contributed by atoms with Crippen molar-refractivity contribution in [2.75, 3.05) is 13.7 Å². The standard InChI is InChI=1S/C15H30N2O2/c1-6-8-12(10-19-5)17-14(11(3)4)16-13(9-7-2)15(17)18/h11-14,16H,6-10H2,1-5H3. The van der Waals surface area contributed by atoms with E-state index >= 15 is 0 Å². The molecule has 19 heavy (non-hydrogen) atoms. The Labute approximate surface area is 117 Å². The lowest BCUT2D eigenvalue weighted by atomic mass is 10.1. The zero-order chi connectivity index (χ0) is 14.4. The van der Waals surface area contributed by atoms with Gasteiger partial charge in [-0.15, -0.1) is 0 Å². The van der Waals surface area contributed by atoms with E-state index in [4.69, 9.17) is 4.74 Å². The van der Waals surface area contributed by atoms with Gasteiger partial charge in [-0.05, 0) is 18.8 Å². The fourth-order valence-electron chi connectivity index (χ4n) is 2.92. The van der Waals surface area contributed by atoms with Crippen molar-refractivity contribution >= 4 is 5.91 Å². The molecule has 112 valence electrons. The number of ether oxygens (including phenoxy) is 1. The van der Waals surface area contributed by atoms with Gasteiger partial charge in [0.2, 0.25) is 5.91 Å². The summed E-state index contributed by atoms with van der Waals surface area (Å²) in [5.74, 6) is 0.679. The first kappa shape index (κ1) is 16.4. The van der Waals surface area contributed by atoms with Crippen LogP contribution in [0.25, 0.3) is 0 Å². The minimum Gasteiger partial charge on any atom is -0.383 e. The maximum absolute atomic E-state index is 12.6. The van der Waals surface area contributed by atoms with Gasteiger partial charge < -0.3 is 9.64 Å². The number of rotatable bonds is 8. The fraction of sp³-hybridized carbons (Fsp3) is 0.933. The number of nitrogens with zero attached hydrogens (tertiary/aromatic N) is 1. The summed E-state index contributed by atoms with van der Waals surface area (Å²) in [7, 11) is 1.71. The van der Waals surface area contributed by atoms with Crippen molar-refractivity contribution in [3.05, 3.63) is 0 Å². The Morgan fingerprint density at radius 2 is 2.00 bits per heavy atom. The third-order valence-electron chi connectivity index (χ3n) is 3.81. The Hall–Kier alpha value is -0.610. The fourth-order valence-corrected chi connectivity index (χ4v) is 2.92. The molecule has 0 aliphatic carbocycles. The summed E-state index contributed by atoms with van der Waals surface area (Å²) in [4.78, 5) is 14.7. The highest BCUT2D eigenvalue weighted by molar-refractivity contribution is 5.84. The normalized spacial score (nSPS) is 25.4. The Balaban J connectivity index is 2.87. The van der Waals surface area contributed by atoms with E-state index in [0.29, 0.717) is 12.5 Å². The van der Waals surface area contributed by atoms with E-state index in [1.165, 1.54) is 0 Å². The summed E-state index contributed by atoms with van der Waals surface area (Å²) in [5, 5.41) is 3.51. The molecule has 4 heteroatoms. The molecule has 0 aromatic carbocycles. The van der Waals surface area contributed by atoms with Crippen LogP contribution in [0.3, 0.4) is 0 Å². The Morgan fingerprint density at radius 3 is 2.47 bits per heavy atom. The minimum atomic E-state index is -0.00591. The van der Waals surface area contributed by atoms with Gasteiger partial charge in [-0.25, -0.2) is 0 Å². The molecule has 1 rings (SSSR count). The van der Waals surface area contributed by atoms with Gasteiger partial charge in [0.1, 0.15) is 0 Å². The van der Waals surface area contributed by atoms with Gasteiger partial charge in [-0.1, -0.05) is 40.5 Å². The quantitative estimate of drug-likeness (QED) is 0.736. The van der Waals surface area contributed by atoms with Crippen LogP contribution in [0.2, 0.25) is 0 Å². The maximum atomic E-state index is 12.6. The first-order valence-corrected chi connectivity index (χ1v) is 7.63. The molecule has 3 unspecified atom stereocenters. The van der Waals surface area contributed by atoms with Gasteiger partial charge in [0.25, 0.3) is 0 Å². The number of nitrogens with one attached hydrogen (secondary N) is 1. The second-order valence-corrected chi connectivity index (χ2v) is 5.84. The second-order valence-electron chi connectivity index (χ2n) is 5.84. The maximum Gasteiger partial charge on any atom is 0.241 e. The van der Waals surface area contributed by atoms with Crippen LogP contribution in [0.1, 0.15) is 53.4 Å². The summed E-state index contributed by atoms with van der Waals surface area (Å²) in [6.07, 6.45) is 4.18. The van der Waals surface area contributed by atoms with Crippen LogP contribution in [-0.4, -0.2) is 42.8 Å². The lowest BCUT2D eigenvalue weighted by molar-refractivity contribution is -0.134. The lowest BCUT2D eigenvalue weighted by Gasteiger charge is -2.34. The van der Waals surface area contributed by atoms with Crippen molar-refractivity contribution in [3.63, 3.8) is 0 Å². The SMILES string of the molecule is CCCC1NC(C(C)C)N(C(CCC)COC)C1=O. The number of amides is 1. The Bertz CT molecular complexity index is 275.